The summed E-state index contributed by atoms with van der Waals surface area (Å²) in [6.07, 6.45) is 2.00. The van der Waals surface area contributed by atoms with E-state index < -0.39 is 21.8 Å². The lowest BCUT2D eigenvalue weighted by Gasteiger charge is -2.20. The van der Waals surface area contributed by atoms with Crippen LogP contribution in [-0.2, 0) is 19.6 Å². The maximum Gasteiger partial charge on any atom is 0.261 e. The zero-order valence-corrected chi connectivity index (χ0v) is 16.9. The van der Waals surface area contributed by atoms with Crippen molar-refractivity contribution in [3.63, 3.8) is 0 Å². The van der Waals surface area contributed by atoms with Crippen LogP contribution in [-0.4, -0.2) is 20.2 Å². The molecule has 7 nitrogen and oxygen atoms in total. The second-order valence-electron chi connectivity index (χ2n) is 6.92. The Morgan fingerprint density at radius 2 is 1.97 bits per heavy atom. The van der Waals surface area contributed by atoms with Crippen molar-refractivity contribution < 1.29 is 22.4 Å². The summed E-state index contributed by atoms with van der Waals surface area (Å²) in [6, 6.07) is 9.33. The van der Waals surface area contributed by atoms with E-state index >= 15 is 0 Å². The summed E-state index contributed by atoms with van der Waals surface area (Å²) < 4.78 is 33.7. The molecule has 2 amide bonds. The first-order valence-electron chi connectivity index (χ1n) is 8.88. The topological polar surface area (TPSA) is 105 Å². The van der Waals surface area contributed by atoms with Gasteiger partial charge >= 0.3 is 0 Å². The number of halogens is 1. The summed E-state index contributed by atoms with van der Waals surface area (Å²) in [5.74, 6) is -1.30. The predicted octanol–water partition coefficient (Wildman–Crippen LogP) is 3.72. The average molecular weight is 433 g/mol. The molecule has 150 valence electrons. The summed E-state index contributed by atoms with van der Waals surface area (Å²) >= 11 is 6.07. The number of anilines is 1. The van der Waals surface area contributed by atoms with Crippen LogP contribution in [0, 0.1) is 6.92 Å². The van der Waals surface area contributed by atoms with Crippen molar-refractivity contribution >= 4 is 50.1 Å². The molecular formula is C20H17ClN2O5S. The maximum absolute atomic E-state index is 12.8. The Morgan fingerprint density at radius 3 is 2.69 bits per heavy atom. The van der Waals surface area contributed by atoms with E-state index in [9.17, 15) is 18.0 Å². The molecule has 0 saturated carbocycles. The number of piperidine rings is 1. The van der Waals surface area contributed by atoms with Crippen LogP contribution in [0.2, 0.25) is 5.02 Å². The Kier molecular flexibility index (Phi) is 4.84. The van der Waals surface area contributed by atoms with Crippen LogP contribution in [0.3, 0.4) is 0 Å². The van der Waals surface area contributed by atoms with Crippen molar-refractivity contribution in [3.8, 4) is 0 Å². The first kappa shape index (κ1) is 19.5. The fraction of sp³-hybridized carbons (Fsp3) is 0.200. The molecule has 1 aliphatic rings. The standard InChI is InChI=1S/C20H17ClN2O5S/c1-11-2-3-12(8-17(11)21)23-29(26,27)13-4-6-18-15(9-13)16(10-28-18)14-5-7-19(24)22-20(14)25/h2-4,6,8-10,14,23H,5,7H2,1H3,(H,22,24,25). The molecule has 3 aromatic rings. The number of sulfonamides is 1. The van der Waals surface area contributed by atoms with Crippen LogP contribution in [0.15, 0.2) is 52.0 Å². The van der Waals surface area contributed by atoms with Gasteiger partial charge in [-0.3, -0.25) is 19.6 Å². The molecule has 1 unspecified atom stereocenters. The Balaban J connectivity index is 1.70. The van der Waals surface area contributed by atoms with E-state index in [2.05, 4.69) is 10.0 Å². The van der Waals surface area contributed by atoms with Gasteiger partial charge in [-0.1, -0.05) is 17.7 Å². The first-order chi connectivity index (χ1) is 13.7. The van der Waals surface area contributed by atoms with Crippen LogP contribution >= 0.6 is 11.6 Å². The van der Waals surface area contributed by atoms with E-state index in [-0.39, 0.29) is 17.2 Å². The van der Waals surface area contributed by atoms with Gasteiger partial charge in [-0.15, -0.1) is 0 Å². The molecule has 2 aromatic carbocycles. The number of furan rings is 1. The SMILES string of the molecule is Cc1ccc(NS(=O)(=O)c2ccc3occ(C4CCC(=O)NC4=O)c3c2)cc1Cl. The van der Waals surface area contributed by atoms with Crippen LogP contribution < -0.4 is 10.0 Å². The Labute approximate surface area is 172 Å². The third kappa shape index (κ3) is 3.73. The van der Waals surface area contributed by atoms with Gasteiger partial charge in [0.15, 0.2) is 0 Å². The highest BCUT2D eigenvalue weighted by atomic mass is 35.5. The Bertz CT molecular complexity index is 1250. The van der Waals surface area contributed by atoms with Crippen molar-refractivity contribution in [2.75, 3.05) is 4.72 Å². The van der Waals surface area contributed by atoms with Gasteiger partial charge in [0, 0.05) is 22.4 Å². The fourth-order valence-corrected chi connectivity index (χ4v) is 4.58. The average Bonchev–Trinajstić information content (AvgIpc) is 3.08. The van der Waals surface area contributed by atoms with Crippen molar-refractivity contribution in [2.45, 2.75) is 30.6 Å². The van der Waals surface area contributed by atoms with Crippen molar-refractivity contribution in [3.05, 3.63) is 58.8 Å². The lowest BCUT2D eigenvalue weighted by Crippen LogP contribution is -2.39. The third-order valence-electron chi connectivity index (χ3n) is 4.92. The van der Waals surface area contributed by atoms with Gasteiger partial charge in [0.2, 0.25) is 11.8 Å². The Morgan fingerprint density at radius 1 is 1.17 bits per heavy atom. The van der Waals surface area contributed by atoms with Gasteiger partial charge in [-0.05, 0) is 49.2 Å². The van der Waals surface area contributed by atoms with Gasteiger partial charge in [-0.2, -0.15) is 0 Å². The van der Waals surface area contributed by atoms with Crippen LogP contribution in [0.25, 0.3) is 11.0 Å². The van der Waals surface area contributed by atoms with Gasteiger partial charge in [-0.25, -0.2) is 8.42 Å². The van der Waals surface area contributed by atoms with Crippen LogP contribution in [0.5, 0.6) is 0 Å². The van der Waals surface area contributed by atoms with Crippen LogP contribution in [0.1, 0.15) is 29.9 Å². The number of fused-ring (bicyclic) bond motifs is 1. The molecule has 4 rings (SSSR count). The number of hydrogen-bond donors (Lipinski definition) is 2. The smallest absolute Gasteiger partial charge is 0.261 e. The largest absolute Gasteiger partial charge is 0.464 e. The quantitative estimate of drug-likeness (QED) is 0.611. The lowest BCUT2D eigenvalue weighted by molar-refractivity contribution is -0.134. The van der Waals surface area contributed by atoms with Crippen molar-refractivity contribution in [2.24, 2.45) is 0 Å². The molecule has 0 spiro atoms. The third-order valence-corrected chi connectivity index (χ3v) is 6.71. The number of imide groups is 1. The number of carbonyl (C=O) groups is 2. The number of nitrogens with one attached hydrogen (secondary N) is 2. The molecule has 1 saturated heterocycles. The summed E-state index contributed by atoms with van der Waals surface area (Å²) in [4.78, 5) is 23.6. The van der Waals surface area contributed by atoms with Crippen molar-refractivity contribution in [1.29, 1.82) is 0 Å². The second-order valence-corrected chi connectivity index (χ2v) is 9.01. The highest BCUT2D eigenvalue weighted by molar-refractivity contribution is 7.92. The monoisotopic (exact) mass is 432 g/mol. The van der Waals surface area contributed by atoms with E-state index in [0.717, 1.165) is 5.56 Å². The lowest BCUT2D eigenvalue weighted by atomic mass is 9.90. The molecule has 1 aromatic heterocycles. The molecule has 9 heteroatoms. The molecule has 1 atom stereocenters. The molecule has 1 aliphatic heterocycles. The van der Waals surface area contributed by atoms with E-state index in [1.807, 2.05) is 6.92 Å². The summed E-state index contributed by atoms with van der Waals surface area (Å²) in [7, 11) is -3.89. The van der Waals surface area contributed by atoms with Gasteiger partial charge in [0.05, 0.1) is 22.8 Å². The number of benzene rings is 2. The normalized spacial score (nSPS) is 17.4. The van der Waals surface area contributed by atoms with Crippen LogP contribution in [0.4, 0.5) is 5.69 Å². The highest BCUT2D eigenvalue weighted by Gasteiger charge is 2.31. The number of aryl methyl sites for hydroxylation is 1. The first-order valence-corrected chi connectivity index (χ1v) is 10.7. The molecule has 1 fully saturated rings. The molecule has 2 N–H and O–H groups in total. The summed E-state index contributed by atoms with van der Waals surface area (Å²) in [6.45, 7) is 1.82. The van der Waals surface area contributed by atoms with E-state index in [1.54, 1.807) is 24.3 Å². The molecular weight excluding hydrogens is 416 g/mol. The summed E-state index contributed by atoms with van der Waals surface area (Å²) in [5, 5.41) is 3.28. The van der Waals surface area contributed by atoms with E-state index in [1.165, 1.54) is 18.4 Å². The second kappa shape index (κ2) is 7.20. The van der Waals surface area contributed by atoms with E-state index in [4.69, 9.17) is 16.0 Å². The minimum atomic E-state index is -3.89. The number of rotatable bonds is 4. The molecule has 0 bridgehead atoms. The molecule has 0 radical (unpaired) electrons. The minimum absolute atomic E-state index is 0.0247. The minimum Gasteiger partial charge on any atom is -0.464 e. The maximum atomic E-state index is 12.8. The number of hydrogen-bond acceptors (Lipinski definition) is 5. The number of amides is 2. The van der Waals surface area contributed by atoms with E-state index in [0.29, 0.717) is 33.7 Å². The van der Waals surface area contributed by atoms with Gasteiger partial charge in [0.1, 0.15) is 5.58 Å². The number of carbonyl (C=O) groups excluding carboxylic acids is 2. The van der Waals surface area contributed by atoms with Gasteiger partial charge < -0.3 is 4.42 Å². The molecule has 29 heavy (non-hydrogen) atoms. The highest BCUT2D eigenvalue weighted by Crippen LogP contribution is 2.34. The fourth-order valence-electron chi connectivity index (χ4n) is 3.33. The van der Waals surface area contributed by atoms with Crippen molar-refractivity contribution in [1.82, 2.24) is 5.32 Å². The molecule has 2 heterocycles. The zero-order chi connectivity index (χ0) is 20.8. The zero-order valence-electron chi connectivity index (χ0n) is 15.4. The van der Waals surface area contributed by atoms with Gasteiger partial charge in [0.25, 0.3) is 10.0 Å². The molecule has 0 aliphatic carbocycles. The summed E-state index contributed by atoms with van der Waals surface area (Å²) in [5.41, 5.74) is 2.20. The Hall–Kier alpha value is -2.84. The predicted molar refractivity (Wildman–Crippen MR) is 108 cm³/mol.